The summed E-state index contributed by atoms with van der Waals surface area (Å²) in [4.78, 5) is 43.5. The van der Waals surface area contributed by atoms with Crippen molar-refractivity contribution in [3.8, 4) is 0 Å². The maximum atomic E-state index is 14.8. The van der Waals surface area contributed by atoms with E-state index in [9.17, 15) is 39.9 Å². The summed E-state index contributed by atoms with van der Waals surface area (Å²) < 4.78 is 0. The number of amides is 2. The van der Waals surface area contributed by atoms with Crippen LogP contribution in [0.15, 0.2) is 0 Å². The van der Waals surface area contributed by atoms with Crippen LogP contribution in [0.1, 0.15) is 303 Å². The Balaban J connectivity index is 6.00. The summed E-state index contributed by atoms with van der Waals surface area (Å²) >= 11 is 1.19. The Labute approximate surface area is 447 Å². The van der Waals surface area contributed by atoms with Crippen LogP contribution in [0.5, 0.6) is 0 Å². The highest BCUT2D eigenvalue weighted by molar-refractivity contribution is 7.99. The summed E-state index contributed by atoms with van der Waals surface area (Å²) in [5, 5.41) is 55.9. The smallest absolute Gasteiger partial charge is 0.332 e. The lowest BCUT2D eigenvalue weighted by Gasteiger charge is -2.45. The van der Waals surface area contributed by atoms with Gasteiger partial charge in [0.2, 0.25) is 11.8 Å². The van der Waals surface area contributed by atoms with E-state index >= 15 is 0 Å². The van der Waals surface area contributed by atoms with Crippen LogP contribution < -0.4 is 11.1 Å². The van der Waals surface area contributed by atoms with E-state index in [1.807, 2.05) is 0 Å². The van der Waals surface area contributed by atoms with Crippen molar-refractivity contribution in [2.75, 3.05) is 31.3 Å². The molecule has 0 spiro atoms. The van der Waals surface area contributed by atoms with E-state index in [0.717, 1.165) is 70.6 Å². The van der Waals surface area contributed by atoms with E-state index in [0.29, 0.717) is 19.3 Å². The summed E-state index contributed by atoms with van der Waals surface area (Å²) in [6.45, 7) is 5.67. The molecule has 0 rings (SSSR count). The van der Waals surface area contributed by atoms with E-state index in [2.05, 4.69) is 26.1 Å². The molecule has 72 heavy (non-hydrogen) atoms. The van der Waals surface area contributed by atoms with Gasteiger partial charge >= 0.3 is 5.97 Å². The molecule has 0 saturated carbocycles. The van der Waals surface area contributed by atoms with Gasteiger partial charge in [-0.3, -0.25) is 9.59 Å². The van der Waals surface area contributed by atoms with Crippen LogP contribution in [0.3, 0.4) is 0 Å². The first kappa shape index (κ1) is 70.6. The van der Waals surface area contributed by atoms with Crippen molar-refractivity contribution >= 4 is 29.5 Å². The predicted octanol–water partition coefficient (Wildman–Crippen LogP) is 14.1. The van der Waals surface area contributed by atoms with Gasteiger partial charge in [-0.05, 0) is 19.3 Å². The molecule has 8 N–H and O–H groups in total. The molecule has 0 bridgehead atoms. The van der Waals surface area contributed by atoms with Gasteiger partial charge in [0.25, 0.3) is 0 Å². The molecule has 2 unspecified atom stereocenters. The lowest BCUT2D eigenvalue weighted by atomic mass is 9.81. The second-order valence-electron chi connectivity index (χ2n) is 21.8. The molecular weight excluding hydrogens is 923 g/mol. The number of nitrogens with zero attached hydrogens (tertiary/aromatic N) is 1. The lowest BCUT2D eigenvalue weighted by Crippen LogP contribution is -2.67. The van der Waals surface area contributed by atoms with Crippen molar-refractivity contribution in [1.82, 2.24) is 10.2 Å². The number of carboxylic acid groups (broad SMARTS) is 1. The normalized spacial score (nSPS) is 14.2. The number of carbonyl (C=O) groups is 3. The van der Waals surface area contributed by atoms with Crippen molar-refractivity contribution in [2.24, 2.45) is 5.73 Å². The first-order valence-corrected chi connectivity index (χ1v) is 32.0. The number of aliphatic carboxylic acids is 1. The number of nitrogens with two attached hydrogens (primary N) is 1. The SMILES string of the molecule is CCCCCCCCCCCCCCCCC(O)[C@@](CCCCCCCCCCCCCCCC)(C(=O)O)N(CCCCCCCCCCCCCCCC)C(=O)[C@H](CO)NC(=O)[C@@H](N)CSCC(O)CO. The number of rotatable bonds is 57. The monoisotopic (exact) mass is 1040 g/mol. The maximum Gasteiger partial charge on any atom is 0.332 e. The third-order valence-electron chi connectivity index (χ3n) is 15.1. The largest absolute Gasteiger partial charge is 0.479 e. The minimum Gasteiger partial charge on any atom is -0.479 e. The van der Waals surface area contributed by atoms with Crippen LogP contribution in [-0.4, -0.2) is 109 Å². The number of hydrogen-bond donors (Lipinski definition) is 7. The van der Waals surface area contributed by atoms with Gasteiger partial charge in [-0.25, -0.2) is 4.79 Å². The first-order valence-electron chi connectivity index (χ1n) is 30.8. The molecule has 0 aromatic carbocycles. The Morgan fingerprint density at radius 2 is 0.819 bits per heavy atom. The van der Waals surface area contributed by atoms with Crippen LogP contribution in [0.4, 0.5) is 0 Å². The molecule has 12 heteroatoms. The highest BCUT2D eigenvalue weighted by Gasteiger charge is 2.52. The van der Waals surface area contributed by atoms with Gasteiger partial charge in [-0.2, -0.15) is 11.8 Å². The van der Waals surface area contributed by atoms with Gasteiger partial charge in [-0.15, -0.1) is 0 Å². The highest BCUT2D eigenvalue weighted by atomic mass is 32.2. The Morgan fingerprint density at radius 1 is 0.486 bits per heavy atom. The fourth-order valence-electron chi connectivity index (χ4n) is 10.3. The average Bonchev–Trinajstić information content (AvgIpc) is 3.37. The second-order valence-corrected chi connectivity index (χ2v) is 22.9. The summed E-state index contributed by atoms with van der Waals surface area (Å²) in [7, 11) is 0. The molecule has 2 amide bonds. The van der Waals surface area contributed by atoms with Crippen LogP contribution >= 0.6 is 11.8 Å². The van der Waals surface area contributed by atoms with Crippen molar-refractivity contribution in [1.29, 1.82) is 0 Å². The van der Waals surface area contributed by atoms with Gasteiger partial charge in [0.1, 0.15) is 6.04 Å². The van der Waals surface area contributed by atoms with E-state index < -0.39 is 60.8 Å². The average molecular weight is 1040 g/mol. The van der Waals surface area contributed by atoms with Crippen LogP contribution in [0.25, 0.3) is 0 Å². The summed E-state index contributed by atoms with van der Waals surface area (Å²) in [5.74, 6) is -2.37. The molecule has 0 saturated heterocycles. The maximum absolute atomic E-state index is 14.8. The number of carboxylic acids is 1. The first-order chi connectivity index (χ1) is 35.1. The second kappa shape index (κ2) is 51.7. The number of hydrogen-bond acceptors (Lipinski definition) is 9. The van der Waals surface area contributed by atoms with E-state index in [4.69, 9.17) is 5.73 Å². The van der Waals surface area contributed by atoms with Crippen molar-refractivity contribution in [3.63, 3.8) is 0 Å². The predicted molar refractivity (Wildman–Crippen MR) is 306 cm³/mol. The highest BCUT2D eigenvalue weighted by Crippen LogP contribution is 2.33. The van der Waals surface area contributed by atoms with Crippen molar-refractivity contribution < 1.29 is 39.9 Å². The van der Waals surface area contributed by atoms with E-state index in [-0.39, 0.29) is 30.9 Å². The van der Waals surface area contributed by atoms with Crippen LogP contribution in [-0.2, 0) is 14.4 Å². The fraction of sp³-hybridized carbons (Fsp3) is 0.950. The van der Waals surface area contributed by atoms with Crippen LogP contribution in [0, 0.1) is 0 Å². The Kier molecular flexibility index (Phi) is 50.6. The topological polar surface area (TPSA) is 194 Å². The Morgan fingerprint density at radius 3 is 1.15 bits per heavy atom. The molecule has 11 nitrogen and oxygen atoms in total. The molecule has 0 heterocycles. The fourth-order valence-corrected chi connectivity index (χ4v) is 11.2. The van der Waals surface area contributed by atoms with Crippen molar-refractivity contribution in [3.05, 3.63) is 0 Å². The summed E-state index contributed by atoms with van der Waals surface area (Å²) in [6, 6.07) is -2.53. The molecule has 5 atom stereocenters. The Bertz CT molecular complexity index is 1220. The van der Waals surface area contributed by atoms with Gasteiger partial charge in [0.05, 0.1) is 31.5 Å². The number of unbranched alkanes of at least 4 members (excludes halogenated alkanes) is 39. The van der Waals surface area contributed by atoms with Gasteiger partial charge in [0.15, 0.2) is 5.54 Å². The third-order valence-corrected chi connectivity index (χ3v) is 16.3. The van der Waals surface area contributed by atoms with Gasteiger partial charge < -0.3 is 41.5 Å². The molecule has 428 valence electrons. The number of nitrogens with one attached hydrogen (secondary N) is 1. The Hall–Kier alpha value is -1.44. The number of aliphatic hydroxyl groups excluding tert-OH is 4. The third kappa shape index (κ3) is 37.3. The molecule has 0 fully saturated rings. The number of aliphatic hydroxyl groups is 4. The molecule has 0 aliphatic rings. The van der Waals surface area contributed by atoms with E-state index in [1.54, 1.807) is 0 Å². The zero-order valence-electron chi connectivity index (χ0n) is 47.4. The molecule has 0 radical (unpaired) electrons. The molecule has 0 aromatic rings. The molecular formula is C60H119N3O8S. The molecule has 0 aromatic heterocycles. The van der Waals surface area contributed by atoms with E-state index in [1.165, 1.54) is 196 Å². The van der Waals surface area contributed by atoms with Gasteiger partial charge in [-0.1, -0.05) is 284 Å². The molecule has 0 aliphatic carbocycles. The summed E-state index contributed by atoms with van der Waals surface area (Å²) in [6.07, 6.45) is 46.9. The zero-order chi connectivity index (χ0) is 53.2. The summed E-state index contributed by atoms with van der Waals surface area (Å²) in [5.41, 5.74) is 4.26. The minimum absolute atomic E-state index is 0.0832. The standard InChI is InChI=1S/C60H119N3O8S/c1-4-7-10-13-16-19-22-25-28-31-34-37-40-43-46-56(67)60(59(70)71,47-44-41-38-35-32-29-26-23-20-17-14-11-8-5-2)63(48-45-42-39-36-33-30-27-24-21-18-15-12-9-6-3)58(69)55(50-65)62-57(68)54(61)52-72-51-53(66)49-64/h53-56,64-67H,4-52,61H2,1-3H3,(H,62,68)(H,70,71)/t53?,54-,55-,56?,60-/m0/s1. The quantitative estimate of drug-likeness (QED) is 0.0288. The number of carbonyl (C=O) groups excluding carboxylic acids is 2. The van der Waals surface area contributed by atoms with Crippen LogP contribution in [0.2, 0.25) is 0 Å². The minimum atomic E-state index is -1.93. The van der Waals surface area contributed by atoms with Gasteiger partial charge in [0, 0.05) is 18.1 Å². The molecule has 0 aliphatic heterocycles. The number of thioether (sulfide) groups is 1. The lowest BCUT2D eigenvalue weighted by molar-refractivity contribution is -0.172. The van der Waals surface area contributed by atoms with Crippen molar-refractivity contribution in [2.45, 2.75) is 333 Å². The zero-order valence-corrected chi connectivity index (χ0v) is 48.2.